The number of amides is 1. The van der Waals surface area contributed by atoms with Crippen molar-refractivity contribution in [1.82, 2.24) is 15.3 Å². The topological polar surface area (TPSA) is 57.8 Å². The number of hydrogen-bond acceptors (Lipinski definition) is 2. The second-order valence-electron chi connectivity index (χ2n) is 3.15. The molecule has 0 aliphatic rings. The molecule has 2 aromatic rings. The van der Waals surface area contributed by atoms with E-state index in [4.69, 9.17) is 0 Å². The molecular formula is C11H15N3O. The first-order valence-corrected chi connectivity index (χ1v) is 4.73. The van der Waals surface area contributed by atoms with Gasteiger partial charge in [-0.2, -0.15) is 0 Å². The molecule has 0 saturated heterocycles. The molecule has 0 spiro atoms. The van der Waals surface area contributed by atoms with Crippen molar-refractivity contribution in [2.75, 3.05) is 7.05 Å². The summed E-state index contributed by atoms with van der Waals surface area (Å²) in [7, 11) is 1.60. The van der Waals surface area contributed by atoms with Crippen molar-refractivity contribution in [2.24, 2.45) is 0 Å². The summed E-state index contributed by atoms with van der Waals surface area (Å²) in [4.78, 5) is 17.1. The Labute approximate surface area is 88.7 Å². The van der Waals surface area contributed by atoms with Gasteiger partial charge in [0.05, 0.1) is 11.0 Å². The molecule has 0 fully saturated rings. The van der Waals surface area contributed by atoms with Crippen LogP contribution in [0.3, 0.4) is 0 Å². The number of rotatable bonds is 0. The van der Waals surface area contributed by atoms with Gasteiger partial charge in [0, 0.05) is 14.0 Å². The fraction of sp³-hybridized carbons (Fsp3) is 0.273. The normalized spacial score (nSPS) is 9.27. The monoisotopic (exact) mass is 205 g/mol. The number of imidazole rings is 1. The van der Waals surface area contributed by atoms with Gasteiger partial charge >= 0.3 is 0 Å². The smallest absolute Gasteiger partial charge is 0.216 e. The summed E-state index contributed by atoms with van der Waals surface area (Å²) >= 11 is 0. The highest BCUT2D eigenvalue weighted by atomic mass is 16.1. The molecule has 0 unspecified atom stereocenters. The molecular weight excluding hydrogens is 190 g/mol. The quantitative estimate of drug-likeness (QED) is 0.686. The molecule has 0 aliphatic carbocycles. The molecule has 1 amide bonds. The number of aryl methyl sites for hydroxylation is 1. The second kappa shape index (κ2) is 5.14. The van der Waals surface area contributed by atoms with Crippen molar-refractivity contribution in [3.05, 3.63) is 30.1 Å². The van der Waals surface area contributed by atoms with Gasteiger partial charge in [0.2, 0.25) is 5.91 Å². The highest BCUT2D eigenvalue weighted by Gasteiger charge is 1.93. The van der Waals surface area contributed by atoms with E-state index in [0.29, 0.717) is 0 Å². The Morgan fingerprint density at radius 3 is 2.53 bits per heavy atom. The number of nitrogens with one attached hydrogen (secondary N) is 2. The zero-order valence-corrected chi connectivity index (χ0v) is 9.16. The van der Waals surface area contributed by atoms with E-state index in [1.807, 2.05) is 31.2 Å². The molecule has 2 N–H and O–H groups in total. The molecule has 15 heavy (non-hydrogen) atoms. The Hall–Kier alpha value is -1.84. The number of carbonyl (C=O) groups excluding carboxylic acids is 1. The number of aromatic amines is 1. The summed E-state index contributed by atoms with van der Waals surface area (Å²) in [6.45, 7) is 3.43. The average molecular weight is 205 g/mol. The lowest BCUT2D eigenvalue weighted by Gasteiger charge is -1.81. The van der Waals surface area contributed by atoms with E-state index < -0.39 is 0 Å². The van der Waals surface area contributed by atoms with Crippen molar-refractivity contribution in [3.63, 3.8) is 0 Å². The molecule has 0 bridgehead atoms. The molecule has 0 radical (unpaired) electrons. The van der Waals surface area contributed by atoms with Crippen LogP contribution in [0.1, 0.15) is 12.7 Å². The van der Waals surface area contributed by atoms with Crippen LogP contribution in [0.5, 0.6) is 0 Å². The van der Waals surface area contributed by atoms with E-state index in [-0.39, 0.29) is 5.91 Å². The first-order chi connectivity index (χ1) is 7.13. The standard InChI is InChI=1S/C8H8N2.C3H7NO/c1-6-9-7-4-2-3-5-8(7)10-6;1-3(5)4-2/h2-5H,1H3,(H,9,10);1-2H3,(H,4,5). The van der Waals surface area contributed by atoms with Crippen molar-refractivity contribution in [2.45, 2.75) is 13.8 Å². The molecule has 1 aromatic heterocycles. The third-order valence-corrected chi connectivity index (χ3v) is 1.86. The lowest BCUT2D eigenvalue weighted by molar-refractivity contribution is -0.118. The Kier molecular flexibility index (Phi) is 3.85. The number of hydrogen-bond donors (Lipinski definition) is 2. The zero-order valence-electron chi connectivity index (χ0n) is 9.16. The second-order valence-corrected chi connectivity index (χ2v) is 3.15. The number of para-hydroxylation sites is 2. The van der Waals surface area contributed by atoms with Crippen molar-refractivity contribution in [1.29, 1.82) is 0 Å². The van der Waals surface area contributed by atoms with Crippen LogP contribution in [-0.4, -0.2) is 22.9 Å². The highest BCUT2D eigenvalue weighted by molar-refractivity contribution is 5.74. The third-order valence-electron chi connectivity index (χ3n) is 1.86. The fourth-order valence-electron chi connectivity index (χ4n) is 1.08. The zero-order chi connectivity index (χ0) is 11.3. The number of fused-ring (bicyclic) bond motifs is 1. The minimum Gasteiger partial charge on any atom is -0.359 e. The van der Waals surface area contributed by atoms with E-state index >= 15 is 0 Å². The van der Waals surface area contributed by atoms with Crippen LogP contribution in [-0.2, 0) is 4.79 Å². The molecule has 1 heterocycles. The summed E-state index contributed by atoms with van der Waals surface area (Å²) in [5.41, 5.74) is 2.15. The van der Waals surface area contributed by atoms with Gasteiger partial charge in [0.15, 0.2) is 0 Å². The lowest BCUT2D eigenvalue weighted by Crippen LogP contribution is -2.11. The molecule has 4 nitrogen and oxygen atoms in total. The third kappa shape index (κ3) is 3.42. The molecule has 4 heteroatoms. The number of aromatic nitrogens is 2. The van der Waals surface area contributed by atoms with Crippen molar-refractivity contribution >= 4 is 16.9 Å². The van der Waals surface area contributed by atoms with Gasteiger partial charge in [-0.25, -0.2) is 4.98 Å². The molecule has 0 atom stereocenters. The van der Waals surface area contributed by atoms with Crippen molar-refractivity contribution < 1.29 is 4.79 Å². The van der Waals surface area contributed by atoms with Gasteiger partial charge < -0.3 is 10.3 Å². The van der Waals surface area contributed by atoms with E-state index in [9.17, 15) is 4.79 Å². The van der Waals surface area contributed by atoms with Crippen LogP contribution in [0.25, 0.3) is 11.0 Å². The maximum absolute atomic E-state index is 9.70. The number of benzene rings is 1. The van der Waals surface area contributed by atoms with Crippen LogP contribution >= 0.6 is 0 Å². The first kappa shape index (κ1) is 11.2. The van der Waals surface area contributed by atoms with E-state index in [1.165, 1.54) is 6.92 Å². The summed E-state index contributed by atoms with van der Waals surface area (Å²) < 4.78 is 0. The van der Waals surface area contributed by atoms with Gasteiger partial charge in [-0.05, 0) is 19.1 Å². The SMILES string of the molecule is CNC(C)=O.Cc1nc2ccccc2[nH]1. The van der Waals surface area contributed by atoms with Crippen molar-refractivity contribution in [3.8, 4) is 0 Å². The van der Waals surface area contributed by atoms with Crippen LogP contribution in [0.15, 0.2) is 24.3 Å². The predicted molar refractivity (Wildman–Crippen MR) is 60.6 cm³/mol. The fourth-order valence-corrected chi connectivity index (χ4v) is 1.08. The van der Waals surface area contributed by atoms with Gasteiger partial charge in [0.25, 0.3) is 0 Å². The average Bonchev–Trinajstić information content (AvgIpc) is 2.58. The molecule has 0 saturated carbocycles. The number of H-pyrrole nitrogens is 1. The van der Waals surface area contributed by atoms with E-state index in [2.05, 4.69) is 15.3 Å². The van der Waals surface area contributed by atoms with Crippen LogP contribution in [0.2, 0.25) is 0 Å². The van der Waals surface area contributed by atoms with Gasteiger partial charge in [-0.15, -0.1) is 0 Å². The molecule has 1 aromatic carbocycles. The summed E-state index contributed by atoms with van der Waals surface area (Å²) in [5.74, 6) is 0.978. The van der Waals surface area contributed by atoms with E-state index in [0.717, 1.165) is 16.9 Å². The largest absolute Gasteiger partial charge is 0.359 e. The maximum atomic E-state index is 9.70. The maximum Gasteiger partial charge on any atom is 0.216 e. The van der Waals surface area contributed by atoms with E-state index in [1.54, 1.807) is 7.05 Å². The molecule has 0 aliphatic heterocycles. The van der Waals surface area contributed by atoms with Gasteiger partial charge in [-0.1, -0.05) is 12.1 Å². The Morgan fingerprint density at radius 2 is 2.00 bits per heavy atom. The highest BCUT2D eigenvalue weighted by Crippen LogP contribution is 2.08. The van der Waals surface area contributed by atoms with Gasteiger partial charge in [0.1, 0.15) is 5.82 Å². The molecule has 80 valence electrons. The van der Waals surface area contributed by atoms with Crippen LogP contribution < -0.4 is 5.32 Å². The Bertz CT molecular complexity index is 415. The lowest BCUT2D eigenvalue weighted by atomic mass is 10.3. The number of nitrogens with zero attached hydrogens (tertiary/aromatic N) is 1. The summed E-state index contributed by atoms with van der Waals surface area (Å²) in [5, 5.41) is 2.39. The first-order valence-electron chi connectivity index (χ1n) is 4.73. The Balaban J connectivity index is 0.000000195. The summed E-state index contributed by atoms with van der Waals surface area (Å²) in [6.07, 6.45) is 0. The number of carbonyl (C=O) groups is 1. The Morgan fingerprint density at radius 1 is 1.40 bits per heavy atom. The minimum absolute atomic E-state index is 0.00463. The molecule has 2 rings (SSSR count). The van der Waals surface area contributed by atoms with Crippen LogP contribution in [0.4, 0.5) is 0 Å². The van der Waals surface area contributed by atoms with Crippen LogP contribution in [0, 0.1) is 6.92 Å². The predicted octanol–water partition coefficient (Wildman–Crippen LogP) is 1.62. The van der Waals surface area contributed by atoms with Gasteiger partial charge in [-0.3, -0.25) is 4.79 Å². The minimum atomic E-state index is 0.00463. The summed E-state index contributed by atoms with van der Waals surface area (Å²) in [6, 6.07) is 8.01.